The molecule has 4 atom stereocenters. The number of hydrogen-bond acceptors (Lipinski definition) is 2. The van der Waals surface area contributed by atoms with E-state index < -0.39 is 17.3 Å². The van der Waals surface area contributed by atoms with Gasteiger partial charge in [0.1, 0.15) is 5.83 Å². The number of piperidine rings is 1. The quantitative estimate of drug-likeness (QED) is 0.852. The third kappa shape index (κ3) is 1.83. The predicted octanol–water partition coefficient (Wildman–Crippen LogP) is 2.37. The highest BCUT2D eigenvalue weighted by atomic mass is 19.1. The number of rotatable bonds is 3. The van der Waals surface area contributed by atoms with Crippen molar-refractivity contribution in [1.29, 1.82) is 0 Å². The largest absolute Gasteiger partial charge is 0.335 e. The van der Waals surface area contributed by atoms with E-state index in [-0.39, 0.29) is 11.9 Å². The molecule has 1 amide bonds. The first-order valence-corrected chi connectivity index (χ1v) is 7.40. The number of likely N-dealkylation sites (tertiary alicyclic amines) is 1. The third-order valence-corrected chi connectivity index (χ3v) is 5.51. The molecule has 1 saturated heterocycles. The Bertz CT molecular complexity index is 414. The first-order chi connectivity index (χ1) is 8.97. The Balaban J connectivity index is 1.80. The number of amides is 1. The molecule has 19 heavy (non-hydrogen) atoms. The van der Waals surface area contributed by atoms with E-state index in [2.05, 4.69) is 13.5 Å². The van der Waals surface area contributed by atoms with Crippen LogP contribution < -0.4 is 5.73 Å². The number of nitrogens with two attached hydrogens (primary N) is 1. The second kappa shape index (κ2) is 4.30. The van der Waals surface area contributed by atoms with Crippen molar-refractivity contribution in [2.24, 2.45) is 17.1 Å². The van der Waals surface area contributed by atoms with Crippen molar-refractivity contribution in [2.45, 2.75) is 63.6 Å². The number of carbonyl (C=O) groups excluding carboxylic acids is 1. The number of halogens is 1. The highest BCUT2D eigenvalue weighted by molar-refractivity contribution is 5.84. The van der Waals surface area contributed by atoms with Crippen LogP contribution in [0.4, 0.5) is 4.39 Å². The number of carbonyl (C=O) groups is 1. The molecule has 4 heteroatoms. The third-order valence-electron chi connectivity index (χ3n) is 5.51. The lowest BCUT2D eigenvalue weighted by Crippen LogP contribution is -2.54. The van der Waals surface area contributed by atoms with Gasteiger partial charge in [-0.1, -0.05) is 19.4 Å². The summed E-state index contributed by atoms with van der Waals surface area (Å²) in [6.07, 6.45) is 5.37. The van der Waals surface area contributed by atoms with Crippen molar-refractivity contribution in [3.8, 4) is 0 Å². The van der Waals surface area contributed by atoms with E-state index in [1.54, 1.807) is 0 Å². The van der Waals surface area contributed by atoms with Crippen molar-refractivity contribution in [1.82, 2.24) is 4.90 Å². The van der Waals surface area contributed by atoms with Crippen LogP contribution in [0.15, 0.2) is 12.4 Å². The van der Waals surface area contributed by atoms with Crippen LogP contribution >= 0.6 is 0 Å². The summed E-state index contributed by atoms with van der Waals surface area (Å²) in [7, 11) is 0. The second-order valence-corrected chi connectivity index (χ2v) is 6.64. The highest BCUT2D eigenvalue weighted by Gasteiger charge is 2.56. The summed E-state index contributed by atoms with van der Waals surface area (Å²) in [5, 5.41) is 0. The summed E-state index contributed by atoms with van der Waals surface area (Å²) in [6, 6.07) is -0.122. The molecule has 0 bridgehead atoms. The lowest BCUT2D eigenvalue weighted by molar-refractivity contribution is -0.137. The van der Waals surface area contributed by atoms with Crippen molar-refractivity contribution in [3.63, 3.8) is 0 Å². The van der Waals surface area contributed by atoms with Crippen LogP contribution in [0.3, 0.4) is 0 Å². The van der Waals surface area contributed by atoms with E-state index in [0.717, 1.165) is 25.7 Å². The van der Waals surface area contributed by atoms with Gasteiger partial charge in [0.15, 0.2) is 0 Å². The fourth-order valence-electron chi connectivity index (χ4n) is 4.24. The molecule has 2 aliphatic carbocycles. The van der Waals surface area contributed by atoms with Gasteiger partial charge in [-0.3, -0.25) is 4.79 Å². The molecule has 0 aromatic heterocycles. The van der Waals surface area contributed by atoms with Crippen LogP contribution in [-0.4, -0.2) is 28.9 Å². The summed E-state index contributed by atoms with van der Waals surface area (Å²) in [5.41, 5.74) is 5.39. The van der Waals surface area contributed by atoms with Gasteiger partial charge in [-0.25, -0.2) is 4.39 Å². The van der Waals surface area contributed by atoms with Gasteiger partial charge in [0.05, 0.1) is 6.04 Å². The van der Waals surface area contributed by atoms with Crippen molar-refractivity contribution in [2.75, 3.05) is 0 Å². The lowest BCUT2D eigenvalue weighted by atomic mass is 9.77. The van der Waals surface area contributed by atoms with Gasteiger partial charge >= 0.3 is 0 Å². The minimum atomic E-state index is -0.802. The zero-order valence-corrected chi connectivity index (χ0v) is 11.6. The monoisotopic (exact) mass is 266 g/mol. The van der Waals surface area contributed by atoms with Crippen LogP contribution in [0.1, 0.15) is 45.4 Å². The van der Waals surface area contributed by atoms with Crippen LogP contribution in [0.25, 0.3) is 0 Å². The Morgan fingerprint density at radius 2 is 2.05 bits per heavy atom. The fourth-order valence-corrected chi connectivity index (χ4v) is 4.24. The molecule has 3 aliphatic rings. The Morgan fingerprint density at radius 1 is 1.42 bits per heavy atom. The lowest BCUT2D eigenvalue weighted by Gasteiger charge is -2.36. The van der Waals surface area contributed by atoms with Gasteiger partial charge in [-0.05, 0) is 38.5 Å². The summed E-state index contributed by atoms with van der Waals surface area (Å²) < 4.78 is 13.9. The van der Waals surface area contributed by atoms with E-state index in [4.69, 9.17) is 5.73 Å². The molecule has 1 aliphatic heterocycles. The van der Waals surface area contributed by atoms with E-state index in [9.17, 15) is 9.18 Å². The van der Waals surface area contributed by atoms with Gasteiger partial charge < -0.3 is 10.6 Å². The molecule has 1 heterocycles. The molecule has 0 radical (unpaired) electrons. The smallest absolute Gasteiger partial charge is 0.240 e. The maximum absolute atomic E-state index is 13.9. The number of fused-ring (bicyclic) bond motifs is 1. The van der Waals surface area contributed by atoms with Crippen LogP contribution in [-0.2, 0) is 4.79 Å². The van der Waals surface area contributed by atoms with Crippen molar-refractivity contribution in [3.05, 3.63) is 12.4 Å². The van der Waals surface area contributed by atoms with E-state index in [1.807, 2.05) is 4.90 Å². The van der Waals surface area contributed by atoms with Gasteiger partial charge in [0.2, 0.25) is 5.91 Å². The minimum Gasteiger partial charge on any atom is -0.335 e. The average Bonchev–Trinajstić information content (AvgIpc) is 2.83. The zero-order chi connectivity index (χ0) is 13.8. The van der Waals surface area contributed by atoms with E-state index in [0.29, 0.717) is 24.8 Å². The fraction of sp³-hybridized carbons (Fsp3) is 0.800. The van der Waals surface area contributed by atoms with Crippen LogP contribution in [0.5, 0.6) is 0 Å². The summed E-state index contributed by atoms with van der Waals surface area (Å²) in [5.74, 6) is 0.211. The topological polar surface area (TPSA) is 46.3 Å². The van der Waals surface area contributed by atoms with E-state index in [1.165, 1.54) is 0 Å². The molecule has 0 aromatic carbocycles. The first-order valence-electron chi connectivity index (χ1n) is 7.40. The predicted molar refractivity (Wildman–Crippen MR) is 71.9 cm³/mol. The van der Waals surface area contributed by atoms with Gasteiger partial charge in [0.25, 0.3) is 0 Å². The van der Waals surface area contributed by atoms with Gasteiger partial charge in [0, 0.05) is 17.5 Å². The average molecular weight is 266 g/mol. The normalized spacial score (nSPS) is 37.0. The Hall–Kier alpha value is -0.900. The molecule has 2 saturated carbocycles. The number of hydrogen-bond donors (Lipinski definition) is 1. The molecular formula is C15H23FN2O. The molecule has 3 fully saturated rings. The van der Waals surface area contributed by atoms with Crippen molar-refractivity contribution >= 4 is 5.91 Å². The molecule has 3 nitrogen and oxygen atoms in total. The van der Waals surface area contributed by atoms with Gasteiger partial charge in [-0.2, -0.15) is 0 Å². The zero-order valence-electron chi connectivity index (χ0n) is 11.6. The SMILES string of the molecule is C=C(F)C1([C@H](N)C(=O)N2C3C[C@H]3C[C@H]2C)CCCC1. The minimum absolute atomic E-state index is 0.0572. The van der Waals surface area contributed by atoms with E-state index >= 15 is 0 Å². The standard InChI is InChI=1S/C15H23FN2O/c1-9-7-11-8-12(11)18(9)14(19)13(17)15(10(2)16)5-3-4-6-15/h9,11-13H,2-8,17H2,1H3/t9-,11-,12?,13-/m1/s1. The van der Waals surface area contributed by atoms with Crippen LogP contribution in [0, 0.1) is 11.3 Å². The summed E-state index contributed by atoms with van der Waals surface area (Å²) in [4.78, 5) is 14.6. The molecule has 0 spiro atoms. The second-order valence-electron chi connectivity index (χ2n) is 6.64. The highest BCUT2D eigenvalue weighted by Crippen LogP contribution is 2.51. The molecular weight excluding hydrogens is 243 g/mol. The summed E-state index contributed by atoms with van der Waals surface area (Å²) >= 11 is 0. The van der Waals surface area contributed by atoms with Gasteiger partial charge in [-0.15, -0.1) is 0 Å². The Morgan fingerprint density at radius 3 is 2.53 bits per heavy atom. The Labute approximate surface area is 114 Å². The molecule has 106 valence electrons. The molecule has 0 aromatic rings. The summed E-state index contributed by atoms with van der Waals surface area (Å²) in [6.45, 7) is 5.54. The Kier molecular flexibility index (Phi) is 2.97. The molecule has 2 N–H and O–H groups in total. The molecule has 3 rings (SSSR count). The first kappa shape index (κ1) is 13.1. The van der Waals surface area contributed by atoms with Crippen LogP contribution in [0.2, 0.25) is 0 Å². The maximum Gasteiger partial charge on any atom is 0.240 e. The number of nitrogens with zero attached hydrogens (tertiary/aromatic N) is 1. The molecule has 1 unspecified atom stereocenters. The maximum atomic E-state index is 13.9. The van der Waals surface area contributed by atoms with Crippen molar-refractivity contribution < 1.29 is 9.18 Å².